The summed E-state index contributed by atoms with van der Waals surface area (Å²) in [5, 5.41) is 20.9. The summed E-state index contributed by atoms with van der Waals surface area (Å²) in [7, 11) is 1.76. The summed E-state index contributed by atoms with van der Waals surface area (Å²) in [4.78, 5) is 23.0. The number of carboxylic acid groups (broad SMARTS) is 1. The normalized spacial score (nSPS) is 10.7. The average Bonchev–Trinajstić information content (AvgIpc) is 3.03. The summed E-state index contributed by atoms with van der Waals surface area (Å²) in [6, 6.07) is 11.7. The summed E-state index contributed by atoms with van der Waals surface area (Å²) in [6.45, 7) is 0. The van der Waals surface area contributed by atoms with Crippen LogP contribution in [0.2, 0.25) is 10.0 Å². The molecule has 0 radical (unpaired) electrons. The number of nitrogens with one attached hydrogen (secondary N) is 1. The second kappa shape index (κ2) is 8.64. The van der Waals surface area contributed by atoms with Gasteiger partial charge in [0.15, 0.2) is 11.0 Å². The molecule has 3 rings (SSSR count). The predicted molar refractivity (Wildman–Crippen MR) is 109 cm³/mol. The third-order valence-electron chi connectivity index (χ3n) is 3.74. The lowest BCUT2D eigenvalue weighted by atomic mass is 10.1. The number of hydrogen-bond acceptors (Lipinski definition) is 5. The van der Waals surface area contributed by atoms with Crippen LogP contribution in [0.1, 0.15) is 10.4 Å². The van der Waals surface area contributed by atoms with Crippen molar-refractivity contribution in [3.05, 3.63) is 58.1 Å². The molecule has 0 fully saturated rings. The highest BCUT2D eigenvalue weighted by Crippen LogP contribution is 2.25. The first-order valence-electron chi connectivity index (χ1n) is 7.96. The monoisotopic (exact) mass is 436 g/mol. The quantitative estimate of drug-likeness (QED) is 0.561. The molecular formula is C18H14Cl2N4O3S. The molecule has 28 heavy (non-hydrogen) atoms. The van der Waals surface area contributed by atoms with Crippen molar-refractivity contribution in [2.75, 3.05) is 11.1 Å². The van der Waals surface area contributed by atoms with Crippen LogP contribution < -0.4 is 5.32 Å². The second-order valence-corrected chi connectivity index (χ2v) is 7.46. The van der Waals surface area contributed by atoms with Crippen molar-refractivity contribution in [2.45, 2.75) is 5.16 Å². The highest BCUT2D eigenvalue weighted by molar-refractivity contribution is 7.99. The summed E-state index contributed by atoms with van der Waals surface area (Å²) in [5.41, 5.74) is 1.78. The molecule has 0 spiro atoms. The number of halogens is 2. The van der Waals surface area contributed by atoms with Crippen molar-refractivity contribution in [1.82, 2.24) is 14.8 Å². The second-order valence-electron chi connectivity index (χ2n) is 5.71. The molecule has 0 saturated heterocycles. The zero-order valence-corrected chi connectivity index (χ0v) is 16.8. The predicted octanol–water partition coefficient (Wildman–Crippen LogP) is 4.22. The van der Waals surface area contributed by atoms with Crippen LogP contribution in [0.3, 0.4) is 0 Å². The van der Waals surface area contributed by atoms with E-state index in [1.165, 1.54) is 6.07 Å². The van der Waals surface area contributed by atoms with Crippen molar-refractivity contribution >= 4 is 52.5 Å². The highest BCUT2D eigenvalue weighted by Gasteiger charge is 2.13. The van der Waals surface area contributed by atoms with E-state index < -0.39 is 5.97 Å². The van der Waals surface area contributed by atoms with Crippen LogP contribution in [0.25, 0.3) is 11.4 Å². The first kappa shape index (κ1) is 20.2. The van der Waals surface area contributed by atoms with Crippen LogP contribution in [0, 0.1) is 0 Å². The minimum Gasteiger partial charge on any atom is -0.481 e. The third-order valence-corrected chi connectivity index (χ3v) is 5.49. The first-order valence-corrected chi connectivity index (χ1v) is 9.70. The lowest BCUT2D eigenvalue weighted by Gasteiger charge is -2.08. The van der Waals surface area contributed by atoms with E-state index in [1.807, 2.05) is 0 Å². The van der Waals surface area contributed by atoms with Gasteiger partial charge in [0.25, 0.3) is 5.91 Å². The SMILES string of the molecule is Cn1c(SCC(=O)O)nnc1-c1ccc(NC(=O)c2ccc(Cl)c(Cl)c2)cc1. The number of rotatable bonds is 6. The summed E-state index contributed by atoms with van der Waals surface area (Å²) < 4.78 is 1.72. The van der Waals surface area contributed by atoms with Crippen LogP contribution in [0.5, 0.6) is 0 Å². The zero-order chi connectivity index (χ0) is 20.3. The number of carboxylic acids is 1. The molecule has 0 saturated carbocycles. The maximum atomic E-state index is 12.3. The Bertz CT molecular complexity index is 1040. The van der Waals surface area contributed by atoms with Crippen molar-refractivity contribution in [2.24, 2.45) is 7.05 Å². The number of carbonyl (C=O) groups is 2. The largest absolute Gasteiger partial charge is 0.481 e. The molecule has 1 heterocycles. The third kappa shape index (κ3) is 4.64. The standard InChI is InChI=1S/C18H14Cl2N4O3S/c1-24-16(22-23-18(24)28-9-15(25)26)10-2-5-12(6-3-10)21-17(27)11-4-7-13(19)14(20)8-11/h2-8H,9H2,1H3,(H,21,27)(H,25,26). The fourth-order valence-electron chi connectivity index (χ4n) is 2.36. The fraction of sp³-hybridized carbons (Fsp3) is 0.111. The Balaban J connectivity index is 1.72. The molecule has 2 aromatic carbocycles. The Kier molecular flexibility index (Phi) is 6.23. The van der Waals surface area contributed by atoms with E-state index in [0.717, 1.165) is 17.3 Å². The molecular weight excluding hydrogens is 423 g/mol. The number of amides is 1. The smallest absolute Gasteiger partial charge is 0.313 e. The van der Waals surface area contributed by atoms with E-state index >= 15 is 0 Å². The van der Waals surface area contributed by atoms with Crippen molar-refractivity contribution in [1.29, 1.82) is 0 Å². The zero-order valence-electron chi connectivity index (χ0n) is 14.5. The number of anilines is 1. The maximum Gasteiger partial charge on any atom is 0.313 e. The van der Waals surface area contributed by atoms with Gasteiger partial charge in [-0.05, 0) is 42.5 Å². The number of carbonyl (C=O) groups excluding carboxylic acids is 1. The van der Waals surface area contributed by atoms with Crippen LogP contribution in [-0.4, -0.2) is 37.5 Å². The van der Waals surface area contributed by atoms with Gasteiger partial charge in [-0.3, -0.25) is 9.59 Å². The molecule has 2 N–H and O–H groups in total. The van der Waals surface area contributed by atoms with Gasteiger partial charge in [0, 0.05) is 23.9 Å². The number of hydrogen-bond donors (Lipinski definition) is 2. The summed E-state index contributed by atoms with van der Waals surface area (Å²) >= 11 is 12.9. The maximum absolute atomic E-state index is 12.3. The number of aromatic nitrogens is 3. The summed E-state index contributed by atoms with van der Waals surface area (Å²) in [5.74, 6) is -0.727. The van der Waals surface area contributed by atoms with Gasteiger partial charge in [-0.1, -0.05) is 35.0 Å². The van der Waals surface area contributed by atoms with Gasteiger partial charge in [0.2, 0.25) is 0 Å². The molecule has 7 nitrogen and oxygen atoms in total. The fourth-order valence-corrected chi connectivity index (χ4v) is 3.29. The van der Waals surface area contributed by atoms with E-state index in [1.54, 1.807) is 48.0 Å². The molecule has 0 atom stereocenters. The Hall–Kier alpha value is -2.55. The molecule has 144 valence electrons. The van der Waals surface area contributed by atoms with Gasteiger partial charge >= 0.3 is 5.97 Å². The Morgan fingerprint density at radius 1 is 1.11 bits per heavy atom. The number of aliphatic carboxylic acids is 1. The van der Waals surface area contributed by atoms with E-state index in [2.05, 4.69) is 15.5 Å². The molecule has 0 aliphatic carbocycles. The molecule has 10 heteroatoms. The van der Waals surface area contributed by atoms with Crippen LogP contribution in [0.15, 0.2) is 47.6 Å². The lowest BCUT2D eigenvalue weighted by molar-refractivity contribution is -0.133. The average molecular weight is 437 g/mol. The van der Waals surface area contributed by atoms with Gasteiger partial charge in [0.05, 0.1) is 15.8 Å². The number of benzene rings is 2. The minimum atomic E-state index is -0.920. The molecule has 3 aromatic rings. The first-order chi connectivity index (χ1) is 13.3. The van der Waals surface area contributed by atoms with Gasteiger partial charge in [0.1, 0.15) is 0 Å². The van der Waals surface area contributed by atoms with Crippen molar-refractivity contribution < 1.29 is 14.7 Å². The van der Waals surface area contributed by atoms with E-state index in [9.17, 15) is 9.59 Å². The van der Waals surface area contributed by atoms with Crippen LogP contribution in [0.4, 0.5) is 5.69 Å². The van der Waals surface area contributed by atoms with Gasteiger partial charge in [-0.25, -0.2) is 0 Å². The Labute approximate surface area is 174 Å². The van der Waals surface area contributed by atoms with Crippen LogP contribution in [-0.2, 0) is 11.8 Å². The molecule has 1 amide bonds. The molecule has 1 aromatic heterocycles. The van der Waals surface area contributed by atoms with Crippen molar-refractivity contribution in [3.8, 4) is 11.4 Å². The molecule has 0 aliphatic rings. The van der Waals surface area contributed by atoms with E-state index in [4.69, 9.17) is 28.3 Å². The van der Waals surface area contributed by atoms with Gasteiger partial charge in [-0.2, -0.15) is 0 Å². The Morgan fingerprint density at radius 3 is 2.46 bits per heavy atom. The highest BCUT2D eigenvalue weighted by atomic mass is 35.5. The lowest BCUT2D eigenvalue weighted by Crippen LogP contribution is -2.11. The van der Waals surface area contributed by atoms with Gasteiger partial charge in [-0.15, -0.1) is 10.2 Å². The molecule has 0 unspecified atom stereocenters. The van der Waals surface area contributed by atoms with Crippen LogP contribution >= 0.6 is 35.0 Å². The molecule has 0 aliphatic heterocycles. The summed E-state index contributed by atoms with van der Waals surface area (Å²) in [6.07, 6.45) is 0. The minimum absolute atomic E-state index is 0.0916. The topological polar surface area (TPSA) is 97.1 Å². The van der Waals surface area contributed by atoms with E-state index in [-0.39, 0.29) is 11.7 Å². The number of thioether (sulfide) groups is 1. The number of nitrogens with zero attached hydrogens (tertiary/aromatic N) is 3. The van der Waals surface area contributed by atoms with Gasteiger partial charge < -0.3 is 15.0 Å². The van der Waals surface area contributed by atoms with E-state index in [0.29, 0.717) is 32.3 Å². The molecule has 0 bridgehead atoms. The Morgan fingerprint density at radius 2 is 1.82 bits per heavy atom. The van der Waals surface area contributed by atoms with Crippen molar-refractivity contribution in [3.63, 3.8) is 0 Å².